The number of rotatable bonds is 3. The Morgan fingerprint density at radius 2 is 2.28 bits per heavy atom. The average Bonchev–Trinajstić information content (AvgIpc) is 2.68. The number of β-amino-alcohol motifs (C(OH)–C–C–N with tert-alkyl or cyclic N) is 1. The maximum atomic E-state index is 11.0. The number of nitro benzene ring substituents is 1. The van der Waals surface area contributed by atoms with E-state index in [2.05, 4.69) is 0 Å². The Bertz CT molecular complexity index is 473. The minimum absolute atomic E-state index is 0.00454. The van der Waals surface area contributed by atoms with Gasteiger partial charge in [0.15, 0.2) is 0 Å². The van der Waals surface area contributed by atoms with E-state index in [1.807, 2.05) is 0 Å². The van der Waals surface area contributed by atoms with Crippen molar-refractivity contribution in [1.29, 1.82) is 0 Å². The van der Waals surface area contributed by atoms with E-state index < -0.39 is 10.5 Å². The fourth-order valence-corrected chi connectivity index (χ4v) is 2.23. The number of hydrogen-bond acceptors (Lipinski definition) is 5. The van der Waals surface area contributed by atoms with Gasteiger partial charge < -0.3 is 15.1 Å². The zero-order valence-electron chi connectivity index (χ0n) is 10.2. The van der Waals surface area contributed by atoms with Gasteiger partial charge in [0, 0.05) is 19.2 Å². The minimum atomic E-state index is -0.816. The molecule has 0 saturated carbocycles. The molecule has 0 bridgehead atoms. The molecule has 1 unspecified atom stereocenters. The summed E-state index contributed by atoms with van der Waals surface area (Å²) in [5.41, 5.74) is 0.277. The van der Waals surface area contributed by atoms with Crippen LogP contribution in [0.4, 0.5) is 11.4 Å². The summed E-state index contributed by atoms with van der Waals surface area (Å²) >= 11 is 0. The molecule has 1 aromatic rings. The topological polar surface area (TPSA) is 86.8 Å². The molecule has 0 spiro atoms. The van der Waals surface area contributed by atoms with Gasteiger partial charge in [-0.3, -0.25) is 10.1 Å². The number of aliphatic hydroxyl groups is 2. The predicted octanol–water partition coefficient (Wildman–Crippen LogP) is 1.05. The molecule has 2 rings (SSSR count). The van der Waals surface area contributed by atoms with Crippen LogP contribution in [0.25, 0.3) is 0 Å². The van der Waals surface area contributed by atoms with Crippen molar-refractivity contribution in [3.05, 3.63) is 33.9 Å². The first-order valence-corrected chi connectivity index (χ1v) is 5.78. The first-order valence-electron chi connectivity index (χ1n) is 5.78. The number of benzene rings is 1. The average molecular weight is 252 g/mol. The second kappa shape index (κ2) is 4.55. The van der Waals surface area contributed by atoms with Gasteiger partial charge in [0.1, 0.15) is 5.69 Å². The van der Waals surface area contributed by atoms with Crippen LogP contribution in [-0.4, -0.2) is 33.8 Å². The minimum Gasteiger partial charge on any atom is -0.392 e. The molecule has 1 aliphatic heterocycles. The second-order valence-electron chi connectivity index (χ2n) is 4.91. The molecule has 1 aromatic carbocycles. The number of hydrogen-bond donors (Lipinski definition) is 2. The highest BCUT2D eigenvalue weighted by Gasteiger charge is 2.34. The van der Waals surface area contributed by atoms with Crippen molar-refractivity contribution in [3.8, 4) is 0 Å². The van der Waals surface area contributed by atoms with E-state index >= 15 is 0 Å². The van der Waals surface area contributed by atoms with Crippen LogP contribution in [0.15, 0.2) is 18.2 Å². The Balaban J connectivity index is 2.38. The van der Waals surface area contributed by atoms with Crippen LogP contribution in [0.2, 0.25) is 0 Å². The van der Waals surface area contributed by atoms with Crippen LogP contribution in [0.5, 0.6) is 0 Å². The molecular weight excluding hydrogens is 236 g/mol. The van der Waals surface area contributed by atoms with Gasteiger partial charge in [0.2, 0.25) is 0 Å². The SMILES string of the molecule is CC1(O)CCN(c2cc(CO)ccc2[N+](=O)[O-])C1. The first kappa shape index (κ1) is 12.8. The van der Waals surface area contributed by atoms with E-state index in [-0.39, 0.29) is 12.3 Å². The van der Waals surface area contributed by atoms with Crippen molar-refractivity contribution in [2.45, 2.75) is 25.6 Å². The molecule has 1 saturated heterocycles. The molecule has 0 aliphatic carbocycles. The van der Waals surface area contributed by atoms with Gasteiger partial charge in [0.25, 0.3) is 5.69 Å². The van der Waals surface area contributed by atoms with Crippen LogP contribution in [0, 0.1) is 10.1 Å². The molecule has 98 valence electrons. The van der Waals surface area contributed by atoms with Gasteiger partial charge in [0.05, 0.1) is 17.1 Å². The van der Waals surface area contributed by atoms with Crippen molar-refractivity contribution in [3.63, 3.8) is 0 Å². The molecule has 1 aliphatic rings. The molecule has 18 heavy (non-hydrogen) atoms. The lowest BCUT2D eigenvalue weighted by atomic mass is 10.1. The summed E-state index contributed by atoms with van der Waals surface area (Å²) in [6.07, 6.45) is 0.577. The second-order valence-corrected chi connectivity index (χ2v) is 4.91. The van der Waals surface area contributed by atoms with Gasteiger partial charge in [-0.25, -0.2) is 0 Å². The third-order valence-electron chi connectivity index (χ3n) is 3.21. The van der Waals surface area contributed by atoms with E-state index in [1.54, 1.807) is 17.9 Å². The molecule has 1 fully saturated rings. The first-order chi connectivity index (χ1) is 8.43. The highest BCUT2D eigenvalue weighted by Crippen LogP contribution is 2.34. The third kappa shape index (κ3) is 2.44. The lowest BCUT2D eigenvalue weighted by molar-refractivity contribution is -0.384. The van der Waals surface area contributed by atoms with Crippen LogP contribution in [-0.2, 0) is 6.61 Å². The van der Waals surface area contributed by atoms with Gasteiger partial charge in [-0.05, 0) is 31.0 Å². The van der Waals surface area contributed by atoms with Crippen molar-refractivity contribution >= 4 is 11.4 Å². The Hall–Kier alpha value is -1.66. The van der Waals surface area contributed by atoms with E-state index in [1.165, 1.54) is 12.1 Å². The van der Waals surface area contributed by atoms with Crippen LogP contribution in [0.1, 0.15) is 18.9 Å². The molecule has 6 nitrogen and oxygen atoms in total. The van der Waals surface area contributed by atoms with Gasteiger partial charge >= 0.3 is 0 Å². The van der Waals surface area contributed by atoms with Crippen molar-refractivity contribution < 1.29 is 15.1 Å². The summed E-state index contributed by atoms with van der Waals surface area (Å²) < 4.78 is 0. The van der Waals surface area contributed by atoms with E-state index in [0.717, 1.165) is 0 Å². The quantitative estimate of drug-likeness (QED) is 0.620. The standard InChI is InChI=1S/C12H16N2O4/c1-12(16)4-5-13(8-12)11-6-9(7-15)2-3-10(11)14(17)18/h2-3,6,15-16H,4-5,7-8H2,1H3. The molecule has 1 atom stereocenters. The third-order valence-corrected chi connectivity index (χ3v) is 3.21. The monoisotopic (exact) mass is 252 g/mol. The Kier molecular flexibility index (Phi) is 3.23. The van der Waals surface area contributed by atoms with E-state index in [9.17, 15) is 15.2 Å². The van der Waals surface area contributed by atoms with Crippen molar-refractivity contribution in [1.82, 2.24) is 0 Å². The van der Waals surface area contributed by atoms with Crippen molar-refractivity contribution in [2.75, 3.05) is 18.0 Å². The zero-order chi connectivity index (χ0) is 13.3. The molecule has 2 N–H and O–H groups in total. The Morgan fingerprint density at radius 3 is 2.78 bits per heavy atom. The molecule has 0 radical (unpaired) electrons. The molecule has 0 amide bonds. The number of nitrogens with zero attached hydrogens (tertiary/aromatic N) is 2. The normalized spacial score (nSPS) is 23.4. The summed E-state index contributed by atoms with van der Waals surface area (Å²) in [4.78, 5) is 12.3. The fourth-order valence-electron chi connectivity index (χ4n) is 2.23. The van der Waals surface area contributed by atoms with Gasteiger partial charge in [-0.15, -0.1) is 0 Å². The Labute approximate surface area is 105 Å². The maximum absolute atomic E-state index is 11.0. The number of anilines is 1. The molecule has 6 heteroatoms. The molecule has 0 aromatic heterocycles. The van der Waals surface area contributed by atoms with Crippen molar-refractivity contribution in [2.24, 2.45) is 0 Å². The maximum Gasteiger partial charge on any atom is 0.292 e. The number of aliphatic hydroxyl groups excluding tert-OH is 1. The van der Waals surface area contributed by atoms with Crippen LogP contribution in [0.3, 0.4) is 0 Å². The fraction of sp³-hybridized carbons (Fsp3) is 0.500. The summed E-state index contributed by atoms with van der Waals surface area (Å²) in [6.45, 7) is 2.50. The highest BCUT2D eigenvalue weighted by atomic mass is 16.6. The lowest BCUT2D eigenvalue weighted by Crippen LogP contribution is -2.29. The molecular formula is C12H16N2O4. The van der Waals surface area contributed by atoms with Crippen LogP contribution >= 0.6 is 0 Å². The molecule has 1 heterocycles. The highest BCUT2D eigenvalue weighted by molar-refractivity contribution is 5.65. The predicted molar refractivity (Wildman–Crippen MR) is 66.5 cm³/mol. The summed E-state index contributed by atoms with van der Waals surface area (Å²) in [5, 5.41) is 30.0. The summed E-state index contributed by atoms with van der Waals surface area (Å²) in [7, 11) is 0. The lowest BCUT2D eigenvalue weighted by Gasteiger charge is -2.21. The van der Waals surface area contributed by atoms with Gasteiger partial charge in [-0.2, -0.15) is 0 Å². The van der Waals surface area contributed by atoms with Crippen LogP contribution < -0.4 is 4.90 Å². The zero-order valence-corrected chi connectivity index (χ0v) is 10.2. The Morgan fingerprint density at radius 1 is 1.56 bits per heavy atom. The summed E-state index contributed by atoms with van der Waals surface area (Å²) in [6, 6.07) is 4.54. The van der Waals surface area contributed by atoms with Gasteiger partial charge in [-0.1, -0.05) is 0 Å². The smallest absolute Gasteiger partial charge is 0.292 e. The van der Waals surface area contributed by atoms with E-state index in [4.69, 9.17) is 5.11 Å². The largest absolute Gasteiger partial charge is 0.392 e. The number of nitro groups is 1. The van der Waals surface area contributed by atoms with E-state index in [0.29, 0.717) is 30.8 Å². The summed E-state index contributed by atoms with van der Waals surface area (Å²) in [5.74, 6) is 0.